The molecule has 2 rings (SSSR count). The first-order valence-corrected chi connectivity index (χ1v) is 7.80. The normalized spacial score (nSPS) is 10.5. The molecule has 1 heterocycles. The largest absolute Gasteiger partial charge is 0.482 e. The minimum Gasteiger partial charge on any atom is -0.482 e. The zero-order chi connectivity index (χ0) is 16.8. The third kappa shape index (κ3) is 5.62. The molecule has 0 saturated heterocycles. The van der Waals surface area contributed by atoms with Gasteiger partial charge >= 0.3 is 0 Å². The van der Waals surface area contributed by atoms with Crippen molar-refractivity contribution < 1.29 is 9.53 Å². The van der Waals surface area contributed by atoms with Crippen molar-refractivity contribution >= 4 is 40.6 Å². The Morgan fingerprint density at radius 1 is 1.26 bits per heavy atom. The molecule has 1 amide bonds. The van der Waals surface area contributed by atoms with Gasteiger partial charge in [-0.15, -0.1) is 0 Å². The number of nitrogens with one attached hydrogen (secondary N) is 2. The minimum absolute atomic E-state index is 0.172. The fourth-order valence-electron chi connectivity index (χ4n) is 1.80. The highest BCUT2D eigenvalue weighted by Gasteiger charge is 2.07. The lowest BCUT2D eigenvalue weighted by Crippen LogP contribution is -2.21. The predicted molar refractivity (Wildman–Crippen MR) is 93.6 cm³/mol. The number of benzene rings is 1. The fourth-order valence-corrected chi connectivity index (χ4v) is 2.26. The SMILES string of the molecule is CC(C)Nc1ccc(NC(=O)COc2ccc(Cl)cc2Cl)nc1. The first kappa shape index (κ1) is 17.4. The zero-order valence-corrected chi connectivity index (χ0v) is 14.3. The second-order valence-electron chi connectivity index (χ2n) is 5.14. The van der Waals surface area contributed by atoms with Gasteiger partial charge in [-0.1, -0.05) is 23.2 Å². The Kier molecular flexibility index (Phi) is 6.07. The molecule has 0 aliphatic carbocycles. The van der Waals surface area contributed by atoms with Gasteiger partial charge in [0, 0.05) is 11.1 Å². The average molecular weight is 354 g/mol. The highest BCUT2D eigenvalue weighted by Crippen LogP contribution is 2.27. The van der Waals surface area contributed by atoms with Crippen LogP contribution in [-0.2, 0) is 4.79 Å². The number of hydrogen-bond donors (Lipinski definition) is 2. The van der Waals surface area contributed by atoms with Crippen LogP contribution in [0.1, 0.15) is 13.8 Å². The van der Waals surface area contributed by atoms with E-state index < -0.39 is 0 Å². The van der Waals surface area contributed by atoms with Crippen molar-refractivity contribution in [1.29, 1.82) is 0 Å². The van der Waals surface area contributed by atoms with Crippen LogP contribution >= 0.6 is 23.2 Å². The van der Waals surface area contributed by atoms with Crippen molar-refractivity contribution in [2.24, 2.45) is 0 Å². The Morgan fingerprint density at radius 3 is 2.65 bits per heavy atom. The van der Waals surface area contributed by atoms with Gasteiger partial charge in [0.1, 0.15) is 11.6 Å². The van der Waals surface area contributed by atoms with E-state index in [0.717, 1.165) is 5.69 Å². The van der Waals surface area contributed by atoms with E-state index in [1.165, 1.54) is 0 Å². The summed E-state index contributed by atoms with van der Waals surface area (Å²) in [5, 5.41) is 6.73. The van der Waals surface area contributed by atoms with Crippen molar-refractivity contribution in [2.45, 2.75) is 19.9 Å². The van der Waals surface area contributed by atoms with Crippen LogP contribution in [-0.4, -0.2) is 23.5 Å². The van der Waals surface area contributed by atoms with Crippen molar-refractivity contribution in [3.8, 4) is 5.75 Å². The number of carbonyl (C=O) groups is 1. The van der Waals surface area contributed by atoms with Crippen LogP contribution in [0.4, 0.5) is 11.5 Å². The highest BCUT2D eigenvalue weighted by atomic mass is 35.5. The highest BCUT2D eigenvalue weighted by molar-refractivity contribution is 6.35. The summed E-state index contributed by atoms with van der Waals surface area (Å²) in [4.78, 5) is 16.0. The summed E-state index contributed by atoms with van der Waals surface area (Å²) in [6.07, 6.45) is 1.66. The van der Waals surface area contributed by atoms with E-state index in [1.54, 1.807) is 30.5 Å². The third-order valence-electron chi connectivity index (χ3n) is 2.74. The topological polar surface area (TPSA) is 63.2 Å². The molecule has 5 nitrogen and oxygen atoms in total. The van der Waals surface area contributed by atoms with Gasteiger partial charge in [0.25, 0.3) is 5.91 Å². The van der Waals surface area contributed by atoms with Crippen molar-refractivity contribution in [3.63, 3.8) is 0 Å². The number of pyridine rings is 1. The van der Waals surface area contributed by atoms with Gasteiger partial charge < -0.3 is 15.4 Å². The lowest BCUT2D eigenvalue weighted by molar-refractivity contribution is -0.118. The standard InChI is InChI=1S/C16H17Cl2N3O2/c1-10(2)20-12-4-6-15(19-8-12)21-16(22)9-23-14-5-3-11(17)7-13(14)18/h3-8,10,20H,9H2,1-2H3,(H,19,21,22). The summed E-state index contributed by atoms with van der Waals surface area (Å²) in [5.41, 5.74) is 0.891. The Hall–Kier alpha value is -1.98. The first-order valence-electron chi connectivity index (χ1n) is 7.04. The Morgan fingerprint density at radius 2 is 2.04 bits per heavy atom. The molecular formula is C16H17Cl2N3O2. The summed E-state index contributed by atoms with van der Waals surface area (Å²) in [5.74, 6) is 0.527. The van der Waals surface area contributed by atoms with E-state index in [9.17, 15) is 4.79 Å². The van der Waals surface area contributed by atoms with Gasteiger partial charge in [0.05, 0.1) is 16.9 Å². The molecule has 0 unspecified atom stereocenters. The molecule has 1 aromatic heterocycles. The first-order chi connectivity index (χ1) is 10.9. The number of nitrogens with zero attached hydrogens (tertiary/aromatic N) is 1. The molecule has 0 saturated carbocycles. The molecule has 0 atom stereocenters. The van der Waals surface area contributed by atoms with Crippen LogP contribution in [0, 0.1) is 0 Å². The number of carbonyl (C=O) groups excluding carboxylic acids is 1. The molecule has 0 spiro atoms. The minimum atomic E-state index is -0.326. The van der Waals surface area contributed by atoms with Gasteiger partial charge in [0.2, 0.25) is 0 Å². The average Bonchev–Trinajstić information content (AvgIpc) is 2.48. The van der Waals surface area contributed by atoms with Crippen LogP contribution in [0.25, 0.3) is 0 Å². The summed E-state index contributed by atoms with van der Waals surface area (Å²) in [6.45, 7) is 3.90. The molecule has 2 aromatic rings. The molecule has 0 aliphatic heterocycles. The van der Waals surface area contributed by atoms with Crippen molar-refractivity contribution in [2.75, 3.05) is 17.2 Å². The summed E-state index contributed by atoms with van der Waals surface area (Å²) < 4.78 is 5.36. The maximum absolute atomic E-state index is 11.9. The molecular weight excluding hydrogens is 337 g/mol. The van der Waals surface area contributed by atoms with Crippen LogP contribution in [0.15, 0.2) is 36.5 Å². The number of hydrogen-bond acceptors (Lipinski definition) is 4. The van der Waals surface area contributed by atoms with Crippen molar-refractivity contribution in [3.05, 3.63) is 46.6 Å². The lowest BCUT2D eigenvalue weighted by atomic mass is 10.3. The number of rotatable bonds is 6. The molecule has 122 valence electrons. The second kappa shape index (κ2) is 8.04. The van der Waals surface area contributed by atoms with E-state index >= 15 is 0 Å². The number of amides is 1. The molecule has 0 aliphatic rings. The molecule has 1 aromatic carbocycles. The fraction of sp³-hybridized carbons (Fsp3) is 0.250. The third-order valence-corrected chi connectivity index (χ3v) is 3.27. The summed E-state index contributed by atoms with van der Waals surface area (Å²) in [7, 11) is 0. The zero-order valence-electron chi connectivity index (χ0n) is 12.8. The number of halogens is 2. The number of anilines is 2. The molecule has 0 bridgehead atoms. The van der Waals surface area contributed by atoms with Crippen LogP contribution in [0.5, 0.6) is 5.75 Å². The molecule has 7 heteroatoms. The Balaban J connectivity index is 1.87. The van der Waals surface area contributed by atoms with Crippen LogP contribution in [0.3, 0.4) is 0 Å². The van der Waals surface area contributed by atoms with E-state index in [-0.39, 0.29) is 12.5 Å². The van der Waals surface area contributed by atoms with Crippen LogP contribution in [0.2, 0.25) is 10.0 Å². The van der Waals surface area contributed by atoms with Gasteiger partial charge in [-0.3, -0.25) is 4.79 Å². The molecule has 0 fully saturated rings. The van der Waals surface area contributed by atoms with E-state index in [2.05, 4.69) is 15.6 Å². The number of aromatic nitrogens is 1. The van der Waals surface area contributed by atoms with Crippen molar-refractivity contribution in [1.82, 2.24) is 4.98 Å². The molecule has 23 heavy (non-hydrogen) atoms. The van der Waals surface area contributed by atoms with Crippen LogP contribution < -0.4 is 15.4 Å². The number of ether oxygens (including phenoxy) is 1. The summed E-state index contributed by atoms with van der Waals surface area (Å²) in [6, 6.07) is 8.69. The van der Waals surface area contributed by atoms with Gasteiger partial charge in [-0.05, 0) is 44.2 Å². The Bertz CT molecular complexity index is 676. The quantitative estimate of drug-likeness (QED) is 0.815. The lowest BCUT2D eigenvalue weighted by Gasteiger charge is -2.11. The maximum Gasteiger partial charge on any atom is 0.263 e. The summed E-state index contributed by atoms with van der Waals surface area (Å²) >= 11 is 11.8. The monoisotopic (exact) mass is 353 g/mol. The van der Waals surface area contributed by atoms with Gasteiger partial charge in [0.15, 0.2) is 6.61 Å². The van der Waals surface area contributed by atoms with E-state index in [0.29, 0.717) is 27.7 Å². The van der Waals surface area contributed by atoms with E-state index in [1.807, 2.05) is 19.9 Å². The molecule has 0 radical (unpaired) electrons. The second-order valence-corrected chi connectivity index (χ2v) is 5.99. The Labute approximate surface area is 145 Å². The van der Waals surface area contributed by atoms with E-state index in [4.69, 9.17) is 27.9 Å². The maximum atomic E-state index is 11.9. The van der Waals surface area contributed by atoms with Gasteiger partial charge in [-0.25, -0.2) is 4.98 Å². The smallest absolute Gasteiger partial charge is 0.263 e. The predicted octanol–water partition coefficient (Wildman–Crippen LogP) is 4.23. The van der Waals surface area contributed by atoms with Gasteiger partial charge in [-0.2, -0.15) is 0 Å². The molecule has 2 N–H and O–H groups in total.